The zero-order valence-corrected chi connectivity index (χ0v) is 13.3. The summed E-state index contributed by atoms with van der Waals surface area (Å²) in [5.41, 5.74) is 0. The molecule has 0 saturated carbocycles. The highest BCUT2D eigenvalue weighted by Crippen LogP contribution is 2.34. The molecule has 3 atom stereocenters. The maximum atomic E-state index is 6.03. The van der Waals surface area contributed by atoms with Gasteiger partial charge in [0.05, 0.1) is 12.7 Å². The third kappa shape index (κ3) is 3.02. The summed E-state index contributed by atoms with van der Waals surface area (Å²) < 4.78 is 6.03. The molecule has 4 heterocycles. The van der Waals surface area contributed by atoms with Gasteiger partial charge >= 0.3 is 0 Å². The van der Waals surface area contributed by atoms with Crippen LogP contribution in [0.3, 0.4) is 0 Å². The topological polar surface area (TPSA) is 37.4 Å². The lowest BCUT2D eigenvalue weighted by Gasteiger charge is -2.19. The molecule has 2 fully saturated rings. The molecule has 2 aliphatic heterocycles. The van der Waals surface area contributed by atoms with Crippen molar-refractivity contribution >= 4 is 17.2 Å². The predicted molar refractivity (Wildman–Crippen MR) is 89.0 cm³/mol. The van der Waals surface area contributed by atoms with Gasteiger partial charge in [0.2, 0.25) is 0 Å². The van der Waals surface area contributed by atoms with Crippen LogP contribution in [-0.2, 0) is 11.3 Å². The van der Waals surface area contributed by atoms with Crippen molar-refractivity contribution in [3.8, 4) is 0 Å². The number of likely N-dealkylation sites (tertiary alicyclic amines) is 1. The largest absolute Gasteiger partial charge is 0.376 e. The number of nitrogens with zero attached hydrogens (tertiary/aromatic N) is 2. The molecule has 22 heavy (non-hydrogen) atoms. The number of pyridine rings is 1. The normalized spacial score (nSPS) is 27.9. The Labute approximate surface area is 135 Å². The first-order chi connectivity index (χ1) is 10.9. The lowest BCUT2D eigenvalue weighted by Crippen LogP contribution is -2.27. The lowest BCUT2D eigenvalue weighted by atomic mass is 9.93. The molecule has 0 aliphatic carbocycles. The van der Waals surface area contributed by atoms with Crippen LogP contribution >= 0.6 is 11.3 Å². The van der Waals surface area contributed by atoms with Crippen LogP contribution in [0, 0.1) is 11.8 Å². The summed E-state index contributed by atoms with van der Waals surface area (Å²) in [4.78, 5) is 8.31. The molecule has 0 amide bonds. The first kappa shape index (κ1) is 14.2. The Morgan fingerprint density at radius 3 is 3.09 bits per heavy atom. The highest BCUT2D eigenvalue weighted by Gasteiger charge is 2.43. The molecule has 2 aliphatic rings. The Balaban J connectivity index is 1.32. The van der Waals surface area contributed by atoms with Crippen molar-refractivity contribution in [3.05, 3.63) is 46.8 Å². The molecular formula is C17H21N3OS. The molecule has 2 aromatic rings. The number of nitrogens with one attached hydrogen (secondary N) is 1. The summed E-state index contributed by atoms with van der Waals surface area (Å²) in [5, 5.41) is 5.61. The fourth-order valence-corrected chi connectivity index (χ4v) is 4.29. The SMILES string of the molecule is c1ccc(NC[C@@H]2CO[C@H]3CN(Cc4cccs4)C[C@@H]23)nc1. The van der Waals surface area contributed by atoms with E-state index in [-0.39, 0.29) is 0 Å². The summed E-state index contributed by atoms with van der Waals surface area (Å²) in [5.74, 6) is 2.19. The highest BCUT2D eigenvalue weighted by molar-refractivity contribution is 7.09. The van der Waals surface area contributed by atoms with Crippen molar-refractivity contribution in [2.45, 2.75) is 12.6 Å². The fourth-order valence-electron chi connectivity index (χ4n) is 3.55. The molecule has 0 radical (unpaired) electrons. The number of anilines is 1. The number of rotatable bonds is 5. The summed E-state index contributed by atoms with van der Waals surface area (Å²) in [6, 6.07) is 10.3. The quantitative estimate of drug-likeness (QED) is 0.920. The van der Waals surface area contributed by atoms with E-state index < -0.39 is 0 Å². The molecule has 0 unspecified atom stereocenters. The van der Waals surface area contributed by atoms with Gasteiger partial charge in [-0.3, -0.25) is 4.90 Å². The van der Waals surface area contributed by atoms with E-state index in [0.717, 1.165) is 38.6 Å². The Morgan fingerprint density at radius 1 is 1.27 bits per heavy atom. The second-order valence-corrected chi connectivity index (χ2v) is 7.20. The smallest absolute Gasteiger partial charge is 0.125 e. The van der Waals surface area contributed by atoms with Gasteiger partial charge in [0.15, 0.2) is 0 Å². The van der Waals surface area contributed by atoms with E-state index in [0.29, 0.717) is 17.9 Å². The molecule has 1 N–H and O–H groups in total. The number of hydrogen-bond acceptors (Lipinski definition) is 5. The predicted octanol–water partition coefficient (Wildman–Crippen LogP) is 2.70. The molecule has 4 rings (SSSR count). The van der Waals surface area contributed by atoms with Crippen LogP contribution in [0.15, 0.2) is 41.9 Å². The van der Waals surface area contributed by atoms with E-state index in [1.807, 2.05) is 35.7 Å². The van der Waals surface area contributed by atoms with Crippen LogP contribution in [-0.4, -0.2) is 42.2 Å². The van der Waals surface area contributed by atoms with Crippen LogP contribution in [0.25, 0.3) is 0 Å². The van der Waals surface area contributed by atoms with Gasteiger partial charge in [0.25, 0.3) is 0 Å². The summed E-state index contributed by atoms with van der Waals surface area (Å²) in [7, 11) is 0. The van der Waals surface area contributed by atoms with Gasteiger partial charge in [-0.2, -0.15) is 0 Å². The second-order valence-electron chi connectivity index (χ2n) is 6.17. The Bertz CT molecular complexity index is 589. The molecule has 116 valence electrons. The molecule has 0 spiro atoms. The van der Waals surface area contributed by atoms with Crippen molar-refractivity contribution in [1.29, 1.82) is 0 Å². The van der Waals surface area contributed by atoms with Crippen molar-refractivity contribution < 1.29 is 4.74 Å². The molecule has 0 bridgehead atoms. The highest BCUT2D eigenvalue weighted by atomic mass is 32.1. The van der Waals surface area contributed by atoms with E-state index >= 15 is 0 Å². The minimum atomic E-state index is 0.412. The first-order valence-electron chi connectivity index (χ1n) is 7.90. The number of hydrogen-bond donors (Lipinski definition) is 1. The Kier molecular flexibility index (Phi) is 4.10. The minimum Gasteiger partial charge on any atom is -0.376 e. The van der Waals surface area contributed by atoms with Crippen LogP contribution in [0.2, 0.25) is 0 Å². The standard InChI is InChI=1S/C17H21N3OS/c1-2-6-18-17(5-1)19-8-13-12-21-16-11-20(10-15(13)16)9-14-4-3-7-22-14/h1-7,13,15-16H,8-12H2,(H,18,19)/t13-,15+,16+/m1/s1. The van der Waals surface area contributed by atoms with Gasteiger partial charge < -0.3 is 10.1 Å². The fraction of sp³-hybridized carbons (Fsp3) is 0.471. The van der Waals surface area contributed by atoms with Crippen molar-refractivity contribution in [2.75, 3.05) is 31.6 Å². The molecule has 4 nitrogen and oxygen atoms in total. The first-order valence-corrected chi connectivity index (χ1v) is 8.78. The third-order valence-corrected chi connectivity index (χ3v) is 5.55. The van der Waals surface area contributed by atoms with Crippen LogP contribution in [0.5, 0.6) is 0 Å². The maximum Gasteiger partial charge on any atom is 0.125 e. The van der Waals surface area contributed by atoms with E-state index in [1.165, 1.54) is 4.88 Å². The Morgan fingerprint density at radius 2 is 2.27 bits per heavy atom. The van der Waals surface area contributed by atoms with Crippen molar-refractivity contribution in [3.63, 3.8) is 0 Å². The van der Waals surface area contributed by atoms with Crippen LogP contribution in [0.4, 0.5) is 5.82 Å². The van der Waals surface area contributed by atoms with Gasteiger partial charge in [-0.05, 0) is 23.6 Å². The minimum absolute atomic E-state index is 0.412. The average Bonchev–Trinajstić information content (AvgIpc) is 3.25. The van der Waals surface area contributed by atoms with Crippen molar-refractivity contribution in [2.24, 2.45) is 11.8 Å². The molecule has 2 aromatic heterocycles. The molecule has 0 aromatic carbocycles. The van der Waals surface area contributed by atoms with Crippen LogP contribution < -0.4 is 5.32 Å². The average molecular weight is 315 g/mol. The number of ether oxygens (including phenoxy) is 1. The lowest BCUT2D eigenvalue weighted by molar-refractivity contribution is 0.0947. The van der Waals surface area contributed by atoms with Crippen LogP contribution in [0.1, 0.15) is 4.88 Å². The number of fused-ring (bicyclic) bond motifs is 1. The van der Waals surface area contributed by atoms with Gasteiger partial charge in [-0.15, -0.1) is 11.3 Å². The monoisotopic (exact) mass is 315 g/mol. The molecule has 2 saturated heterocycles. The second kappa shape index (κ2) is 6.36. The molecule has 5 heteroatoms. The van der Waals surface area contributed by atoms with Gasteiger partial charge in [-0.25, -0.2) is 4.98 Å². The zero-order valence-electron chi connectivity index (χ0n) is 12.5. The van der Waals surface area contributed by atoms with Gasteiger partial charge in [-0.1, -0.05) is 12.1 Å². The Hall–Kier alpha value is -1.43. The van der Waals surface area contributed by atoms with Gasteiger partial charge in [0.1, 0.15) is 5.82 Å². The third-order valence-electron chi connectivity index (χ3n) is 4.68. The van der Waals surface area contributed by atoms with Crippen molar-refractivity contribution in [1.82, 2.24) is 9.88 Å². The van der Waals surface area contributed by atoms with E-state index in [4.69, 9.17) is 4.74 Å². The summed E-state index contributed by atoms with van der Waals surface area (Å²) in [6.45, 7) is 5.11. The van der Waals surface area contributed by atoms with Gasteiger partial charge in [0, 0.05) is 49.1 Å². The maximum absolute atomic E-state index is 6.03. The zero-order chi connectivity index (χ0) is 14.8. The van der Waals surface area contributed by atoms with E-state index in [9.17, 15) is 0 Å². The summed E-state index contributed by atoms with van der Waals surface area (Å²) in [6.07, 6.45) is 2.24. The van der Waals surface area contributed by atoms with E-state index in [1.54, 1.807) is 0 Å². The summed E-state index contributed by atoms with van der Waals surface area (Å²) >= 11 is 1.84. The number of aromatic nitrogens is 1. The van der Waals surface area contributed by atoms with E-state index in [2.05, 4.69) is 32.7 Å². The number of thiophene rings is 1. The molecular weight excluding hydrogens is 294 g/mol.